The molecule has 0 spiro atoms. The van der Waals surface area contributed by atoms with E-state index in [1.54, 1.807) is 21.0 Å². The Kier molecular flexibility index (Phi) is 9.95. The second-order valence-corrected chi connectivity index (χ2v) is 6.95. The lowest BCUT2D eigenvalue weighted by Gasteiger charge is -2.27. The van der Waals surface area contributed by atoms with Crippen molar-refractivity contribution < 1.29 is 24.2 Å². The van der Waals surface area contributed by atoms with Gasteiger partial charge in [-0.2, -0.15) is 0 Å². The zero-order valence-corrected chi connectivity index (χ0v) is 16.6. The van der Waals surface area contributed by atoms with Gasteiger partial charge < -0.3 is 25.3 Å². The van der Waals surface area contributed by atoms with Gasteiger partial charge in [0, 0.05) is 19.0 Å². The summed E-state index contributed by atoms with van der Waals surface area (Å²) in [5.41, 5.74) is 0.882. The SMILES string of the molecule is C=CCC(CC(=O)[O-])C(=O)NC(C(=O)NC(COC)c1ccccc1)C(C)C. The Labute approximate surface area is 166 Å². The van der Waals surface area contributed by atoms with Crippen LogP contribution in [0.4, 0.5) is 0 Å². The third kappa shape index (κ3) is 7.52. The van der Waals surface area contributed by atoms with E-state index < -0.39 is 30.3 Å². The molecule has 7 nitrogen and oxygen atoms in total. The van der Waals surface area contributed by atoms with Gasteiger partial charge >= 0.3 is 0 Å². The van der Waals surface area contributed by atoms with Crippen molar-refractivity contribution in [3.8, 4) is 0 Å². The second kappa shape index (κ2) is 11.9. The van der Waals surface area contributed by atoms with Gasteiger partial charge in [-0.1, -0.05) is 50.3 Å². The van der Waals surface area contributed by atoms with Gasteiger partial charge in [-0.05, 0) is 24.3 Å². The first-order valence-corrected chi connectivity index (χ1v) is 9.25. The summed E-state index contributed by atoms with van der Waals surface area (Å²) in [4.78, 5) is 36.3. The summed E-state index contributed by atoms with van der Waals surface area (Å²) in [5, 5.41) is 16.5. The van der Waals surface area contributed by atoms with Gasteiger partial charge in [0.1, 0.15) is 6.04 Å². The van der Waals surface area contributed by atoms with Gasteiger partial charge in [-0.3, -0.25) is 9.59 Å². The fourth-order valence-corrected chi connectivity index (χ4v) is 2.83. The van der Waals surface area contributed by atoms with Gasteiger partial charge in [0.15, 0.2) is 0 Å². The Bertz CT molecular complexity index is 660. The Hall–Kier alpha value is -2.67. The number of hydrogen-bond acceptors (Lipinski definition) is 5. The van der Waals surface area contributed by atoms with E-state index in [2.05, 4.69) is 17.2 Å². The lowest BCUT2D eigenvalue weighted by Crippen LogP contribution is -2.52. The van der Waals surface area contributed by atoms with Crippen molar-refractivity contribution in [2.75, 3.05) is 13.7 Å². The smallest absolute Gasteiger partial charge is 0.243 e. The number of carboxylic acid groups (broad SMARTS) is 1. The van der Waals surface area contributed by atoms with E-state index in [1.165, 1.54) is 6.08 Å². The molecule has 0 heterocycles. The van der Waals surface area contributed by atoms with Crippen LogP contribution >= 0.6 is 0 Å². The monoisotopic (exact) mass is 389 g/mol. The molecule has 1 rings (SSSR count). The molecule has 0 aromatic heterocycles. The standard InChI is InChI=1S/C21H30N2O5/c1-5-9-16(12-18(24)25)20(26)23-19(14(2)3)21(27)22-17(13-28-4)15-10-7-6-8-11-15/h5-8,10-11,14,16-17,19H,1,9,12-13H2,2-4H3,(H,22,27)(H,23,26)(H,24,25)/p-1. The fraction of sp³-hybridized carbons (Fsp3) is 0.476. The van der Waals surface area contributed by atoms with E-state index in [0.29, 0.717) is 0 Å². The van der Waals surface area contributed by atoms with Crippen molar-refractivity contribution in [3.63, 3.8) is 0 Å². The van der Waals surface area contributed by atoms with Crippen LogP contribution in [0.3, 0.4) is 0 Å². The minimum absolute atomic E-state index is 0.183. The van der Waals surface area contributed by atoms with Crippen molar-refractivity contribution >= 4 is 17.8 Å². The summed E-state index contributed by atoms with van der Waals surface area (Å²) in [5.74, 6) is -3.23. The van der Waals surface area contributed by atoms with Gasteiger partial charge in [-0.25, -0.2) is 0 Å². The van der Waals surface area contributed by atoms with Crippen LogP contribution in [-0.4, -0.2) is 37.5 Å². The third-order valence-electron chi connectivity index (χ3n) is 4.33. The van der Waals surface area contributed by atoms with Crippen LogP contribution in [0.25, 0.3) is 0 Å². The van der Waals surface area contributed by atoms with Crippen molar-refractivity contribution in [1.82, 2.24) is 10.6 Å². The fourth-order valence-electron chi connectivity index (χ4n) is 2.83. The normalized spacial score (nSPS) is 14.0. The Balaban J connectivity index is 2.90. The number of allylic oxidation sites excluding steroid dienone is 1. The average molecular weight is 389 g/mol. The molecule has 0 saturated heterocycles. The molecule has 7 heteroatoms. The first-order valence-electron chi connectivity index (χ1n) is 9.25. The quantitative estimate of drug-likeness (QED) is 0.518. The van der Waals surface area contributed by atoms with Gasteiger partial charge in [0.05, 0.1) is 12.6 Å². The van der Waals surface area contributed by atoms with E-state index in [-0.39, 0.29) is 30.9 Å². The van der Waals surface area contributed by atoms with Gasteiger partial charge in [0.2, 0.25) is 11.8 Å². The number of carbonyl (C=O) groups is 3. The van der Waals surface area contributed by atoms with Crippen molar-refractivity contribution in [1.29, 1.82) is 0 Å². The summed E-state index contributed by atoms with van der Waals surface area (Å²) in [6.07, 6.45) is 1.23. The predicted molar refractivity (Wildman–Crippen MR) is 104 cm³/mol. The minimum Gasteiger partial charge on any atom is -0.550 e. The Morgan fingerprint density at radius 3 is 2.29 bits per heavy atom. The molecule has 154 valence electrons. The molecule has 28 heavy (non-hydrogen) atoms. The van der Waals surface area contributed by atoms with E-state index in [9.17, 15) is 19.5 Å². The van der Waals surface area contributed by atoms with Crippen LogP contribution in [-0.2, 0) is 19.1 Å². The molecule has 3 unspecified atom stereocenters. The first-order chi connectivity index (χ1) is 13.3. The molecule has 1 aromatic rings. The van der Waals surface area contributed by atoms with Gasteiger partial charge in [0.25, 0.3) is 0 Å². The van der Waals surface area contributed by atoms with E-state index in [1.807, 2.05) is 30.3 Å². The maximum Gasteiger partial charge on any atom is 0.243 e. The van der Waals surface area contributed by atoms with E-state index >= 15 is 0 Å². The molecule has 3 atom stereocenters. The van der Waals surface area contributed by atoms with Crippen LogP contribution in [0.2, 0.25) is 0 Å². The topological polar surface area (TPSA) is 108 Å². The molecular weight excluding hydrogens is 360 g/mol. The highest BCUT2D eigenvalue weighted by molar-refractivity contribution is 5.90. The molecule has 0 fully saturated rings. The summed E-state index contributed by atoms with van der Waals surface area (Å²) >= 11 is 0. The number of rotatable bonds is 12. The summed E-state index contributed by atoms with van der Waals surface area (Å²) in [6.45, 7) is 7.43. The number of amides is 2. The predicted octanol–water partition coefficient (Wildman–Crippen LogP) is 0.963. The highest BCUT2D eigenvalue weighted by Crippen LogP contribution is 2.15. The van der Waals surface area contributed by atoms with E-state index in [0.717, 1.165) is 5.56 Å². The second-order valence-electron chi connectivity index (χ2n) is 6.95. The lowest BCUT2D eigenvalue weighted by atomic mass is 9.97. The van der Waals surface area contributed by atoms with Gasteiger partial charge in [-0.15, -0.1) is 6.58 Å². The zero-order chi connectivity index (χ0) is 21.1. The number of carbonyl (C=O) groups excluding carboxylic acids is 3. The molecular formula is C21H29N2O5-. The number of ether oxygens (including phenoxy) is 1. The van der Waals surface area contributed by atoms with Crippen LogP contribution in [0.5, 0.6) is 0 Å². The first kappa shape index (κ1) is 23.4. The van der Waals surface area contributed by atoms with Crippen molar-refractivity contribution in [2.45, 2.75) is 38.8 Å². The summed E-state index contributed by atoms with van der Waals surface area (Å²) in [6, 6.07) is 8.19. The molecule has 0 saturated carbocycles. The average Bonchev–Trinajstić information content (AvgIpc) is 2.65. The highest BCUT2D eigenvalue weighted by Gasteiger charge is 2.29. The number of aliphatic carboxylic acids is 1. The summed E-state index contributed by atoms with van der Waals surface area (Å²) < 4.78 is 5.21. The molecule has 2 amide bonds. The van der Waals surface area contributed by atoms with Crippen LogP contribution < -0.4 is 15.7 Å². The number of methoxy groups -OCH3 is 1. The molecule has 0 radical (unpaired) electrons. The summed E-state index contributed by atoms with van der Waals surface area (Å²) in [7, 11) is 1.55. The lowest BCUT2D eigenvalue weighted by molar-refractivity contribution is -0.306. The maximum absolute atomic E-state index is 12.9. The minimum atomic E-state index is -1.32. The number of carboxylic acids is 1. The van der Waals surface area contributed by atoms with Crippen LogP contribution in [0.15, 0.2) is 43.0 Å². The Morgan fingerprint density at radius 1 is 1.14 bits per heavy atom. The number of hydrogen-bond donors (Lipinski definition) is 2. The number of nitrogens with one attached hydrogen (secondary N) is 2. The van der Waals surface area contributed by atoms with Crippen molar-refractivity contribution in [2.24, 2.45) is 11.8 Å². The molecule has 0 aliphatic carbocycles. The van der Waals surface area contributed by atoms with Crippen molar-refractivity contribution in [3.05, 3.63) is 48.6 Å². The molecule has 0 aliphatic heterocycles. The maximum atomic E-state index is 12.9. The molecule has 0 aliphatic rings. The van der Waals surface area contributed by atoms with E-state index in [4.69, 9.17) is 4.74 Å². The molecule has 1 aromatic carbocycles. The van der Waals surface area contributed by atoms with Crippen LogP contribution in [0, 0.1) is 11.8 Å². The third-order valence-corrected chi connectivity index (χ3v) is 4.33. The largest absolute Gasteiger partial charge is 0.550 e. The number of benzene rings is 1. The zero-order valence-electron chi connectivity index (χ0n) is 16.6. The van der Waals surface area contributed by atoms with Crippen LogP contribution in [0.1, 0.15) is 38.3 Å². The highest BCUT2D eigenvalue weighted by atomic mass is 16.5. The molecule has 0 bridgehead atoms. The molecule has 2 N–H and O–H groups in total. The Morgan fingerprint density at radius 2 is 1.79 bits per heavy atom.